The Morgan fingerprint density at radius 3 is 3.00 bits per heavy atom. The zero-order chi connectivity index (χ0) is 11.4. The van der Waals surface area contributed by atoms with Crippen LogP contribution in [0.4, 0.5) is 0 Å². The second kappa shape index (κ2) is 5.16. The Morgan fingerprint density at radius 1 is 1.56 bits per heavy atom. The highest BCUT2D eigenvalue weighted by Gasteiger charge is 2.19. The molecule has 2 heterocycles. The van der Waals surface area contributed by atoms with Crippen molar-refractivity contribution in [3.05, 3.63) is 23.7 Å². The third kappa shape index (κ3) is 2.44. The topological polar surface area (TPSA) is 54.3 Å². The number of amides is 1. The van der Waals surface area contributed by atoms with Crippen molar-refractivity contribution in [3.63, 3.8) is 0 Å². The average Bonchev–Trinajstić information content (AvgIpc) is 2.78. The van der Waals surface area contributed by atoms with Crippen molar-refractivity contribution >= 4 is 5.91 Å². The van der Waals surface area contributed by atoms with E-state index in [1.165, 1.54) is 0 Å². The van der Waals surface area contributed by atoms with Gasteiger partial charge in [0.05, 0.1) is 11.8 Å². The molecule has 1 amide bonds. The molecule has 1 fully saturated rings. The molecule has 0 aliphatic carbocycles. The highest BCUT2D eigenvalue weighted by Crippen LogP contribution is 2.12. The SMILES string of the molecule is CCc1occc1C(=O)NC1CCNCC1. The molecule has 0 bridgehead atoms. The first kappa shape index (κ1) is 11.2. The lowest BCUT2D eigenvalue weighted by Crippen LogP contribution is -2.42. The van der Waals surface area contributed by atoms with E-state index >= 15 is 0 Å². The molecule has 0 aromatic carbocycles. The molecular weight excluding hydrogens is 204 g/mol. The number of piperidine rings is 1. The van der Waals surface area contributed by atoms with E-state index in [9.17, 15) is 4.79 Å². The number of rotatable bonds is 3. The Hall–Kier alpha value is -1.29. The minimum absolute atomic E-state index is 0.00231. The number of nitrogens with one attached hydrogen (secondary N) is 2. The molecule has 2 N–H and O–H groups in total. The van der Waals surface area contributed by atoms with Crippen molar-refractivity contribution in [2.45, 2.75) is 32.2 Å². The molecule has 4 heteroatoms. The van der Waals surface area contributed by atoms with Gasteiger partial charge in [-0.2, -0.15) is 0 Å². The normalized spacial score (nSPS) is 17.3. The minimum Gasteiger partial charge on any atom is -0.469 e. The van der Waals surface area contributed by atoms with Crippen LogP contribution in [0.2, 0.25) is 0 Å². The van der Waals surface area contributed by atoms with Gasteiger partial charge in [-0.1, -0.05) is 6.92 Å². The maximum Gasteiger partial charge on any atom is 0.255 e. The van der Waals surface area contributed by atoms with Crippen LogP contribution < -0.4 is 10.6 Å². The first-order valence-corrected chi connectivity index (χ1v) is 5.89. The summed E-state index contributed by atoms with van der Waals surface area (Å²) in [6, 6.07) is 2.04. The third-order valence-corrected chi connectivity index (χ3v) is 2.99. The van der Waals surface area contributed by atoms with Gasteiger partial charge in [0.25, 0.3) is 5.91 Å². The van der Waals surface area contributed by atoms with E-state index in [4.69, 9.17) is 4.42 Å². The largest absolute Gasteiger partial charge is 0.469 e. The molecule has 1 saturated heterocycles. The van der Waals surface area contributed by atoms with E-state index in [0.717, 1.165) is 38.1 Å². The maximum atomic E-state index is 12.0. The lowest BCUT2D eigenvalue weighted by molar-refractivity contribution is 0.0927. The number of furan rings is 1. The van der Waals surface area contributed by atoms with Gasteiger partial charge in [-0.25, -0.2) is 0 Å². The van der Waals surface area contributed by atoms with Crippen LogP contribution in [-0.2, 0) is 6.42 Å². The molecule has 1 aliphatic rings. The lowest BCUT2D eigenvalue weighted by atomic mass is 10.1. The molecule has 0 spiro atoms. The van der Waals surface area contributed by atoms with Crippen LogP contribution in [0.15, 0.2) is 16.7 Å². The summed E-state index contributed by atoms with van der Waals surface area (Å²) in [4.78, 5) is 12.0. The monoisotopic (exact) mass is 222 g/mol. The zero-order valence-electron chi connectivity index (χ0n) is 9.58. The highest BCUT2D eigenvalue weighted by atomic mass is 16.3. The van der Waals surface area contributed by atoms with Crippen molar-refractivity contribution in [1.82, 2.24) is 10.6 Å². The van der Waals surface area contributed by atoms with Crippen LogP contribution in [0.1, 0.15) is 35.9 Å². The minimum atomic E-state index is -0.00231. The zero-order valence-corrected chi connectivity index (χ0v) is 9.58. The van der Waals surface area contributed by atoms with Crippen LogP contribution in [0.25, 0.3) is 0 Å². The summed E-state index contributed by atoms with van der Waals surface area (Å²) < 4.78 is 5.25. The van der Waals surface area contributed by atoms with Gasteiger partial charge < -0.3 is 15.1 Å². The Morgan fingerprint density at radius 2 is 2.31 bits per heavy atom. The predicted octanol–water partition coefficient (Wildman–Crippen LogP) is 1.32. The predicted molar refractivity (Wildman–Crippen MR) is 61.4 cm³/mol. The lowest BCUT2D eigenvalue weighted by Gasteiger charge is -2.23. The number of hydrogen-bond donors (Lipinski definition) is 2. The van der Waals surface area contributed by atoms with E-state index in [0.29, 0.717) is 11.6 Å². The summed E-state index contributed by atoms with van der Waals surface area (Å²) >= 11 is 0. The smallest absolute Gasteiger partial charge is 0.255 e. The number of aryl methyl sites for hydroxylation is 1. The fraction of sp³-hybridized carbons (Fsp3) is 0.583. The second-order valence-electron chi connectivity index (χ2n) is 4.11. The van der Waals surface area contributed by atoms with Gasteiger partial charge in [0, 0.05) is 12.5 Å². The molecular formula is C12H18N2O2. The fourth-order valence-corrected chi connectivity index (χ4v) is 2.05. The van der Waals surface area contributed by atoms with Crippen LogP contribution in [0.5, 0.6) is 0 Å². The van der Waals surface area contributed by atoms with Crippen molar-refractivity contribution in [3.8, 4) is 0 Å². The highest BCUT2D eigenvalue weighted by molar-refractivity contribution is 5.95. The molecule has 16 heavy (non-hydrogen) atoms. The Labute approximate surface area is 95.4 Å². The summed E-state index contributed by atoms with van der Waals surface area (Å²) in [5.74, 6) is 0.768. The Bertz CT molecular complexity index is 354. The molecule has 0 atom stereocenters. The van der Waals surface area contributed by atoms with Crippen LogP contribution in [0.3, 0.4) is 0 Å². The molecule has 0 radical (unpaired) electrons. The molecule has 1 aromatic heterocycles. The van der Waals surface area contributed by atoms with Gasteiger partial charge in [-0.05, 0) is 32.0 Å². The number of carbonyl (C=O) groups excluding carboxylic acids is 1. The van der Waals surface area contributed by atoms with Gasteiger partial charge in [-0.3, -0.25) is 4.79 Å². The van der Waals surface area contributed by atoms with Gasteiger partial charge in [0.2, 0.25) is 0 Å². The fourth-order valence-electron chi connectivity index (χ4n) is 2.05. The Balaban J connectivity index is 1.96. The second-order valence-corrected chi connectivity index (χ2v) is 4.11. The molecule has 1 aliphatic heterocycles. The number of hydrogen-bond acceptors (Lipinski definition) is 3. The van der Waals surface area contributed by atoms with Crippen LogP contribution in [0, 0.1) is 0 Å². The van der Waals surface area contributed by atoms with Crippen molar-refractivity contribution in [2.75, 3.05) is 13.1 Å². The van der Waals surface area contributed by atoms with E-state index in [-0.39, 0.29) is 5.91 Å². The van der Waals surface area contributed by atoms with Crippen molar-refractivity contribution in [2.24, 2.45) is 0 Å². The molecule has 4 nitrogen and oxygen atoms in total. The standard InChI is InChI=1S/C12H18N2O2/c1-2-11-10(5-8-16-11)12(15)14-9-3-6-13-7-4-9/h5,8-9,13H,2-4,6-7H2,1H3,(H,14,15). The van der Waals surface area contributed by atoms with Gasteiger partial charge in [0.1, 0.15) is 5.76 Å². The van der Waals surface area contributed by atoms with E-state index in [1.807, 2.05) is 6.92 Å². The molecule has 1 aromatic rings. The Kier molecular flexibility index (Phi) is 3.62. The van der Waals surface area contributed by atoms with Crippen LogP contribution >= 0.6 is 0 Å². The van der Waals surface area contributed by atoms with E-state index in [1.54, 1.807) is 12.3 Å². The van der Waals surface area contributed by atoms with Crippen LogP contribution in [-0.4, -0.2) is 25.0 Å². The quantitative estimate of drug-likeness (QED) is 0.811. The van der Waals surface area contributed by atoms with Gasteiger partial charge in [-0.15, -0.1) is 0 Å². The molecule has 0 unspecified atom stereocenters. The number of carbonyl (C=O) groups is 1. The van der Waals surface area contributed by atoms with Gasteiger partial charge in [0.15, 0.2) is 0 Å². The van der Waals surface area contributed by atoms with Crippen molar-refractivity contribution < 1.29 is 9.21 Å². The maximum absolute atomic E-state index is 12.0. The van der Waals surface area contributed by atoms with Gasteiger partial charge >= 0.3 is 0 Å². The third-order valence-electron chi connectivity index (χ3n) is 2.99. The first-order chi connectivity index (χ1) is 7.81. The molecule has 0 saturated carbocycles. The summed E-state index contributed by atoms with van der Waals surface area (Å²) in [5.41, 5.74) is 0.682. The van der Waals surface area contributed by atoms with E-state index in [2.05, 4.69) is 10.6 Å². The molecule has 88 valence electrons. The average molecular weight is 222 g/mol. The van der Waals surface area contributed by atoms with E-state index < -0.39 is 0 Å². The van der Waals surface area contributed by atoms with Crippen molar-refractivity contribution in [1.29, 1.82) is 0 Å². The summed E-state index contributed by atoms with van der Waals surface area (Å²) in [6.07, 6.45) is 4.34. The summed E-state index contributed by atoms with van der Waals surface area (Å²) in [6.45, 7) is 3.95. The summed E-state index contributed by atoms with van der Waals surface area (Å²) in [7, 11) is 0. The summed E-state index contributed by atoms with van der Waals surface area (Å²) in [5, 5.41) is 6.33. The molecule has 2 rings (SSSR count). The first-order valence-electron chi connectivity index (χ1n) is 5.89.